The van der Waals surface area contributed by atoms with E-state index in [4.69, 9.17) is 0 Å². The van der Waals surface area contributed by atoms with Crippen molar-refractivity contribution in [3.05, 3.63) is 35.4 Å². The standard InChI is InChI=1S/C22H36N2O2/c1-20(2)14-18(15-21(3,4)23-20)24(7)19(25)17-10-8-9-16(13-17)11-12-22(5,6)26/h8-10,13,18,23,26H,11-12,14-15H2,1-7H3. The molecule has 1 saturated heterocycles. The molecular weight excluding hydrogens is 324 g/mol. The molecule has 4 nitrogen and oxygen atoms in total. The molecule has 1 fully saturated rings. The molecule has 0 saturated carbocycles. The van der Waals surface area contributed by atoms with Crippen LogP contribution in [0.3, 0.4) is 0 Å². The highest BCUT2D eigenvalue weighted by Gasteiger charge is 2.40. The Balaban J connectivity index is 2.13. The first-order valence-electron chi connectivity index (χ1n) is 9.66. The van der Waals surface area contributed by atoms with Gasteiger partial charge < -0.3 is 15.3 Å². The second-order valence-electron chi connectivity index (χ2n) is 9.88. The smallest absolute Gasteiger partial charge is 0.253 e. The lowest BCUT2D eigenvalue weighted by molar-refractivity contribution is 0.0528. The van der Waals surface area contributed by atoms with Crippen LogP contribution in [0.4, 0.5) is 0 Å². The van der Waals surface area contributed by atoms with Crippen LogP contribution in [0.25, 0.3) is 0 Å². The Kier molecular flexibility index (Phi) is 5.89. The van der Waals surface area contributed by atoms with E-state index < -0.39 is 5.60 Å². The molecule has 0 radical (unpaired) electrons. The summed E-state index contributed by atoms with van der Waals surface area (Å²) in [4.78, 5) is 15.0. The molecule has 0 spiro atoms. The van der Waals surface area contributed by atoms with E-state index in [0.29, 0.717) is 6.42 Å². The molecule has 26 heavy (non-hydrogen) atoms. The molecule has 4 heteroatoms. The molecule has 0 aliphatic carbocycles. The van der Waals surface area contributed by atoms with E-state index in [1.807, 2.05) is 50.1 Å². The zero-order chi connectivity index (χ0) is 19.8. The van der Waals surface area contributed by atoms with Crippen LogP contribution in [-0.4, -0.2) is 45.7 Å². The average Bonchev–Trinajstić information content (AvgIpc) is 2.48. The summed E-state index contributed by atoms with van der Waals surface area (Å²) in [5.74, 6) is 0.0774. The minimum Gasteiger partial charge on any atom is -0.390 e. The largest absolute Gasteiger partial charge is 0.390 e. The Hall–Kier alpha value is -1.39. The van der Waals surface area contributed by atoms with Crippen LogP contribution in [0, 0.1) is 0 Å². The first-order valence-corrected chi connectivity index (χ1v) is 9.66. The Morgan fingerprint density at radius 3 is 2.35 bits per heavy atom. The Morgan fingerprint density at radius 1 is 1.23 bits per heavy atom. The molecule has 2 rings (SSSR count). The maximum absolute atomic E-state index is 13.1. The maximum atomic E-state index is 13.1. The number of hydrogen-bond acceptors (Lipinski definition) is 3. The van der Waals surface area contributed by atoms with Crippen LogP contribution in [-0.2, 0) is 6.42 Å². The van der Waals surface area contributed by atoms with Gasteiger partial charge in [-0.2, -0.15) is 0 Å². The van der Waals surface area contributed by atoms with Crippen LogP contribution in [0.1, 0.15) is 76.7 Å². The van der Waals surface area contributed by atoms with Gasteiger partial charge in [-0.15, -0.1) is 0 Å². The number of carbonyl (C=O) groups excluding carboxylic acids is 1. The zero-order valence-corrected chi connectivity index (χ0v) is 17.5. The van der Waals surface area contributed by atoms with Crippen LogP contribution >= 0.6 is 0 Å². The highest BCUT2D eigenvalue weighted by Crippen LogP contribution is 2.31. The second kappa shape index (κ2) is 7.32. The van der Waals surface area contributed by atoms with Gasteiger partial charge in [0, 0.05) is 29.7 Å². The normalized spacial score (nSPS) is 20.0. The molecule has 146 valence electrons. The van der Waals surface area contributed by atoms with Crippen molar-refractivity contribution in [1.82, 2.24) is 10.2 Å². The van der Waals surface area contributed by atoms with E-state index in [2.05, 4.69) is 33.0 Å². The monoisotopic (exact) mass is 360 g/mol. The molecule has 1 aromatic rings. The van der Waals surface area contributed by atoms with Gasteiger partial charge in [0.2, 0.25) is 0 Å². The zero-order valence-electron chi connectivity index (χ0n) is 17.5. The van der Waals surface area contributed by atoms with E-state index >= 15 is 0 Å². The number of amides is 1. The third kappa shape index (κ3) is 5.82. The predicted octanol–water partition coefficient (Wildman–Crippen LogP) is 3.77. The van der Waals surface area contributed by atoms with E-state index in [1.165, 1.54) is 0 Å². The van der Waals surface area contributed by atoms with Crippen molar-refractivity contribution < 1.29 is 9.90 Å². The van der Waals surface area contributed by atoms with Crippen molar-refractivity contribution in [2.45, 2.75) is 89.9 Å². The molecule has 0 unspecified atom stereocenters. The lowest BCUT2D eigenvalue weighted by Crippen LogP contribution is -2.62. The number of rotatable bonds is 5. The van der Waals surface area contributed by atoms with Gasteiger partial charge >= 0.3 is 0 Å². The third-order valence-electron chi connectivity index (χ3n) is 5.24. The first-order chi connectivity index (χ1) is 11.8. The van der Waals surface area contributed by atoms with E-state index in [-0.39, 0.29) is 23.0 Å². The number of piperidine rings is 1. The SMILES string of the molecule is CN(C(=O)c1cccc(CCC(C)(C)O)c1)C1CC(C)(C)NC(C)(C)C1. The third-order valence-corrected chi connectivity index (χ3v) is 5.24. The van der Waals surface area contributed by atoms with Crippen LogP contribution in [0.5, 0.6) is 0 Å². The van der Waals surface area contributed by atoms with E-state index in [1.54, 1.807) is 0 Å². The predicted molar refractivity (Wildman–Crippen MR) is 107 cm³/mol. The van der Waals surface area contributed by atoms with Gasteiger partial charge in [0.1, 0.15) is 0 Å². The van der Waals surface area contributed by atoms with Crippen molar-refractivity contribution in [3.63, 3.8) is 0 Å². The second-order valence-corrected chi connectivity index (χ2v) is 9.88. The minimum absolute atomic E-state index is 0.00944. The van der Waals surface area contributed by atoms with Gasteiger partial charge in [-0.25, -0.2) is 0 Å². The van der Waals surface area contributed by atoms with Gasteiger partial charge in [-0.1, -0.05) is 12.1 Å². The van der Waals surface area contributed by atoms with Gasteiger partial charge in [0.15, 0.2) is 0 Å². The molecule has 0 aromatic heterocycles. The highest BCUT2D eigenvalue weighted by molar-refractivity contribution is 5.94. The first kappa shape index (κ1) is 20.9. The van der Waals surface area contributed by atoms with E-state index in [0.717, 1.165) is 30.4 Å². The summed E-state index contributed by atoms with van der Waals surface area (Å²) in [6, 6.07) is 8.05. The van der Waals surface area contributed by atoms with Crippen molar-refractivity contribution in [1.29, 1.82) is 0 Å². The summed E-state index contributed by atoms with van der Waals surface area (Å²) >= 11 is 0. The van der Waals surface area contributed by atoms with Crippen molar-refractivity contribution in [2.24, 2.45) is 0 Å². The summed E-state index contributed by atoms with van der Waals surface area (Å²) in [6.45, 7) is 12.5. The quantitative estimate of drug-likeness (QED) is 0.840. The van der Waals surface area contributed by atoms with Crippen molar-refractivity contribution >= 4 is 5.91 Å². The summed E-state index contributed by atoms with van der Waals surface area (Å²) in [7, 11) is 1.92. The fraction of sp³-hybridized carbons (Fsp3) is 0.682. The Morgan fingerprint density at radius 2 is 1.81 bits per heavy atom. The fourth-order valence-corrected chi connectivity index (χ4v) is 4.22. The highest BCUT2D eigenvalue weighted by atomic mass is 16.3. The molecule has 0 bridgehead atoms. The number of hydrogen-bond donors (Lipinski definition) is 2. The van der Waals surface area contributed by atoms with Crippen molar-refractivity contribution in [2.75, 3.05) is 7.05 Å². The number of aliphatic hydroxyl groups is 1. The molecule has 1 aliphatic rings. The topological polar surface area (TPSA) is 52.6 Å². The number of carbonyl (C=O) groups is 1. The minimum atomic E-state index is -0.691. The fourth-order valence-electron chi connectivity index (χ4n) is 4.22. The summed E-state index contributed by atoms with van der Waals surface area (Å²) in [5.41, 5.74) is 1.15. The van der Waals surface area contributed by atoms with Crippen LogP contribution in [0.2, 0.25) is 0 Å². The lowest BCUT2D eigenvalue weighted by Gasteiger charge is -2.49. The van der Waals surface area contributed by atoms with Gasteiger partial charge in [-0.3, -0.25) is 4.79 Å². The van der Waals surface area contributed by atoms with Crippen LogP contribution < -0.4 is 5.32 Å². The lowest BCUT2D eigenvalue weighted by atomic mass is 9.79. The molecule has 2 N–H and O–H groups in total. The molecular formula is C22H36N2O2. The summed E-state index contributed by atoms with van der Waals surface area (Å²) in [6.07, 6.45) is 3.33. The molecule has 1 aliphatic heterocycles. The number of benzene rings is 1. The van der Waals surface area contributed by atoms with Gasteiger partial charge in [-0.05, 0) is 84.9 Å². The number of nitrogens with one attached hydrogen (secondary N) is 1. The number of aryl methyl sites for hydroxylation is 1. The molecule has 1 aromatic carbocycles. The summed E-state index contributed by atoms with van der Waals surface area (Å²) < 4.78 is 0. The molecule has 1 amide bonds. The Labute approximate surface area is 159 Å². The summed E-state index contributed by atoms with van der Waals surface area (Å²) in [5, 5.41) is 13.6. The average molecular weight is 361 g/mol. The van der Waals surface area contributed by atoms with Crippen LogP contribution in [0.15, 0.2) is 24.3 Å². The van der Waals surface area contributed by atoms with Gasteiger partial charge in [0.25, 0.3) is 5.91 Å². The van der Waals surface area contributed by atoms with E-state index in [9.17, 15) is 9.90 Å². The molecule has 0 atom stereocenters. The van der Waals surface area contributed by atoms with Crippen molar-refractivity contribution in [3.8, 4) is 0 Å². The Bertz CT molecular complexity index is 628. The van der Waals surface area contributed by atoms with Gasteiger partial charge in [0.05, 0.1) is 5.60 Å². The number of nitrogens with zero attached hydrogens (tertiary/aromatic N) is 1. The molecule has 1 heterocycles. The maximum Gasteiger partial charge on any atom is 0.253 e.